The van der Waals surface area contributed by atoms with Gasteiger partial charge < -0.3 is 10.1 Å². The lowest BCUT2D eigenvalue weighted by Crippen LogP contribution is -2.43. The lowest BCUT2D eigenvalue weighted by atomic mass is 10.1. The standard InChI is InChI=1S/C20H19N5O4S/c1-29-14-8-6-13(7-9-14)25-19(27)17-18(20(25)28)24(23-22-17)11-16(26)21-12-4-3-5-15(10-12)30-2/h3-10,17-18H,11H2,1-2H3,(H,21,26)/t17-,18-/m0/s1. The molecule has 2 atom stereocenters. The highest BCUT2D eigenvalue weighted by atomic mass is 32.2. The molecule has 2 aliphatic heterocycles. The zero-order chi connectivity index (χ0) is 21.3. The Labute approximate surface area is 177 Å². The fourth-order valence-electron chi connectivity index (χ4n) is 3.39. The minimum Gasteiger partial charge on any atom is -0.497 e. The minimum absolute atomic E-state index is 0.191. The highest BCUT2D eigenvalue weighted by Gasteiger charge is 2.55. The summed E-state index contributed by atoms with van der Waals surface area (Å²) < 4.78 is 5.11. The zero-order valence-corrected chi connectivity index (χ0v) is 17.1. The van der Waals surface area contributed by atoms with Crippen molar-refractivity contribution in [3.05, 3.63) is 48.5 Å². The number of nitrogens with one attached hydrogen (secondary N) is 1. The SMILES string of the molecule is COc1ccc(N2C(=O)[C@H]3N=NN(CC(=O)Nc4cccc(SC)c4)[C@@H]3C2=O)cc1. The molecule has 0 bridgehead atoms. The third-order valence-electron chi connectivity index (χ3n) is 4.85. The maximum absolute atomic E-state index is 13.0. The second kappa shape index (κ2) is 8.15. The molecular formula is C20H19N5O4S. The second-order valence-corrected chi connectivity index (χ2v) is 7.56. The summed E-state index contributed by atoms with van der Waals surface area (Å²) in [7, 11) is 1.53. The summed E-state index contributed by atoms with van der Waals surface area (Å²) >= 11 is 1.57. The average Bonchev–Trinajstić information content (AvgIpc) is 3.27. The number of amides is 3. The molecular weight excluding hydrogens is 406 g/mol. The van der Waals surface area contributed by atoms with Crippen molar-refractivity contribution in [3.63, 3.8) is 0 Å². The van der Waals surface area contributed by atoms with E-state index in [4.69, 9.17) is 4.74 Å². The number of nitrogens with zero attached hydrogens (tertiary/aromatic N) is 4. The second-order valence-electron chi connectivity index (χ2n) is 6.68. The Kier molecular flexibility index (Phi) is 5.40. The maximum atomic E-state index is 13.0. The first-order chi connectivity index (χ1) is 14.5. The van der Waals surface area contributed by atoms with Crippen molar-refractivity contribution in [2.24, 2.45) is 10.3 Å². The smallest absolute Gasteiger partial charge is 0.263 e. The first-order valence-corrected chi connectivity index (χ1v) is 10.4. The molecule has 2 aliphatic rings. The number of methoxy groups -OCH3 is 1. The van der Waals surface area contributed by atoms with Gasteiger partial charge >= 0.3 is 0 Å². The highest BCUT2D eigenvalue weighted by molar-refractivity contribution is 7.98. The average molecular weight is 425 g/mol. The molecule has 154 valence electrons. The van der Waals surface area contributed by atoms with Crippen molar-refractivity contribution in [2.75, 3.05) is 30.1 Å². The minimum atomic E-state index is -0.952. The van der Waals surface area contributed by atoms with E-state index in [0.29, 0.717) is 17.1 Å². The van der Waals surface area contributed by atoms with Crippen LogP contribution in [-0.4, -0.2) is 54.7 Å². The van der Waals surface area contributed by atoms with Crippen molar-refractivity contribution < 1.29 is 19.1 Å². The van der Waals surface area contributed by atoms with E-state index in [1.807, 2.05) is 24.5 Å². The van der Waals surface area contributed by atoms with Crippen LogP contribution in [0.1, 0.15) is 0 Å². The molecule has 0 aromatic heterocycles. The number of fused-ring (bicyclic) bond motifs is 1. The van der Waals surface area contributed by atoms with E-state index in [0.717, 1.165) is 9.80 Å². The van der Waals surface area contributed by atoms with Gasteiger partial charge in [0.05, 0.1) is 12.8 Å². The number of imide groups is 1. The molecule has 0 unspecified atom stereocenters. The van der Waals surface area contributed by atoms with Gasteiger partial charge in [0.1, 0.15) is 12.3 Å². The molecule has 30 heavy (non-hydrogen) atoms. The van der Waals surface area contributed by atoms with E-state index in [1.165, 1.54) is 12.1 Å². The van der Waals surface area contributed by atoms with Gasteiger partial charge in [-0.25, -0.2) is 4.90 Å². The highest BCUT2D eigenvalue weighted by Crippen LogP contribution is 2.32. The molecule has 1 N–H and O–H groups in total. The van der Waals surface area contributed by atoms with E-state index in [-0.39, 0.29) is 12.5 Å². The van der Waals surface area contributed by atoms with Gasteiger partial charge in [0.2, 0.25) is 5.91 Å². The fourth-order valence-corrected chi connectivity index (χ4v) is 3.85. The topological polar surface area (TPSA) is 104 Å². The summed E-state index contributed by atoms with van der Waals surface area (Å²) in [5.41, 5.74) is 1.07. The molecule has 0 aliphatic carbocycles. The summed E-state index contributed by atoms with van der Waals surface area (Å²) in [4.78, 5) is 40.3. The van der Waals surface area contributed by atoms with E-state index in [2.05, 4.69) is 15.7 Å². The fraction of sp³-hybridized carbons (Fsp3) is 0.250. The van der Waals surface area contributed by atoms with Crippen LogP contribution in [0, 0.1) is 0 Å². The predicted octanol–water partition coefficient (Wildman–Crippen LogP) is 2.35. The number of carbonyl (C=O) groups is 3. The lowest BCUT2D eigenvalue weighted by molar-refractivity contribution is -0.123. The Hall–Kier alpha value is -3.40. The molecule has 3 amide bonds. The van der Waals surface area contributed by atoms with Gasteiger partial charge in [-0.15, -0.1) is 11.8 Å². The summed E-state index contributed by atoms with van der Waals surface area (Å²) in [6, 6.07) is 12.1. The van der Waals surface area contributed by atoms with Crippen molar-refractivity contribution in [2.45, 2.75) is 17.0 Å². The number of carbonyl (C=O) groups excluding carboxylic acids is 3. The van der Waals surface area contributed by atoms with Crippen LogP contribution in [0.5, 0.6) is 5.75 Å². The molecule has 9 nitrogen and oxygen atoms in total. The van der Waals surface area contributed by atoms with Crippen molar-refractivity contribution in [1.82, 2.24) is 5.01 Å². The van der Waals surface area contributed by atoms with Crippen molar-refractivity contribution in [1.29, 1.82) is 0 Å². The van der Waals surface area contributed by atoms with Crippen LogP contribution >= 0.6 is 11.8 Å². The largest absolute Gasteiger partial charge is 0.497 e. The Morgan fingerprint density at radius 1 is 1.17 bits per heavy atom. The Bertz CT molecular complexity index is 1030. The van der Waals surface area contributed by atoms with Crippen LogP contribution in [0.15, 0.2) is 63.8 Å². The number of anilines is 2. The van der Waals surface area contributed by atoms with Crippen LogP contribution in [0.3, 0.4) is 0 Å². The van der Waals surface area contributed by atoms with Gasteiger partial charge in [-0.1, -0.05) is 11.3 Å². The Morgan fingerprint density at radius 3 is 2.63 bits per heavy atom. The number of benzene rings is 2. The third kappa shape index (κ3) is 3.61. The van der Waals surface area contributed by atoms with Gasteiger partial charge in [0.25, 0.3) is 11.8 Å². The van der Waals surface area contributed by atoms with Gasteiger partial charge in [-0.3, -0.25) is 19.4 Å². The quantitative estimate of drug-likeness (QED) is 0.563. The summed E-state index contributed by atoms with van der Waals surface area (Å²) in [6.07, 6.45) is 1.95. The molecule has 1 saturated heterocycles. The van der Waals surface area contributed by atoms with E-state index in [1.54, 1.807) is 42.1 Å². The molecule has 2 aromatic rings. The molecule has 2 aromatic carbocycles. The Morgan fingerprint density at radius 2 is 1.93 bits per heavy atom. The number of hydrogen-bond acceptors (Lipinski definition) is 8. The number of rotatable bonds is 6. The van der Waals surface area contributed by atoms with Gasteiger partial charge in [0.15, 0.2) is 12.1 Å². The number of thioether (sulfide) groups is 1. The number of hydrogen-bond donors (Lipinski definition) is 1. The first-order valence-electron chi connectivity index (χ1n) is 9.15. The van der Waals surface area contributed by atoms with E-state index < -0.39 is 23.9 Å². The summed E-state index contributed by atoms with van der Waals surface area (Å²) in [5.74, 6) is -0.663. The van der Waals surface area contributed by atoms with Gasteiger partial charge in [-0.2, -0.15) is 5.11 Å². The van der Waals surface area contributed by atoms with Crippen LogP contribution < -0.4 is 15.0 Å². The van der Waals surface area contributed by atoms with Crippen LogP contribution in [0.4, 0.5) is 11.4 Å². The molecule has 10 heteroatoms. The molecule has 2 heterocycles. The number of ether oxygens (including phenoxy) is 1. The first kappa shape index (κ1) is 19.9. The maximum Gasteiger partial charge on any atom is 0.263 e. The molecule has 0 radical (unpaired) electrons. The van der Waals surface area contributed by atoms with Crippen molar-refractivity contribution in [3.8, 4) is 5.75 Å². The van der Waals surface area contributed by atoms with Gasteiger partial charge in [-0.05, 0) is 48.7 Å². The molecule has 0 spiro atoms. The monoisotopic (exact) mass is 425 g/mol. The summed E-state index contributed by atoms with van der Waals surface area (Å²) in [5, 5.41) is 11.9. The van der Waals surface area contributed by atoms with Crippen LogP contribution in [0.2, 0.25) is 0 Å². The third-order valence-corrected chi connectivity index (χ3v) is 5.57. The van der Waals surface area contributed by atoms with Crippen LogP contribution in [0.25, 0.3) is 0 Å². The van der Waals surface area contributed by atoms with Crippen molar-refractivity contribution >= 4 is 40.9 Å². The normalized spacial score (nSPS) is 19.9. The van der Waals surface area contributed by atoms with Gasteiger partial charge in [0, 0.05) is 10.6 Å². The molecule has 0 saturated carbocycles. The molecule has 4 rings (SSSR count). The lowest BCUT2D eigenvalue weighted by Gasteiger charge is -2.20. The predicted molar refractivity (Wildman–Crippen MR) is 111 cm³/mol. The summed E-state index contributed by atoms with van der Waals surface area (Å²) in [6.45, 7) is -0.191. The van der Waals surface area contributed by atoms with E-state index in [9.17, 15) is 14.4 Å². The Balaban J connectivity index is 1.46. The zero-order valence-electron chi connectivity index (χ0n) is 16.3. The van der Waals surface area contributed by atoms with Crippen LogP contribution in [-0.2, 0) is 14.4 Å². The molecule has 1 fully saturated rings. The van der Waals surface area contributed by atoms with E-state index >= 15 is 0 Å².